The zero-order valence-electron chi connectivity index (χ0n) is 16.9. The molecule has 7 heteroatoms. The standard InChI is InChI=1S/C24H21ClN2O4/c1-2-30-22-14-18(16-26-27-23(28)15-17-6-4-3-5-7-17)8-13-21(22)31-24(29)19-9-11-20(25)12-10-19/h3-14,16H,2,15H2,1H3,(H,27,28)/b26-16-. The Kier molecular flexibility index (Phi) is 7.79. The first kappa shape index (κ1) is 22.1. The zero-order chi connectivity index (χ0) is 22.1. The summed E-state index contributed by atoms with van der Waals surface area (Å²) in [5, 5.41) is 4.52. The lowest BCUT2D eigenvalue weighted by atomic mass is 10.1. The third-order valence-corrected chi connectivity index (χ3v) is 4.41. The van der Waals surface area contributed by atoms with Crippen LogP contribution in [0.3, 0.4) is 0 Å². The van der Waals surface area contributed by atoms with E-state index >= 15 is 0 Å². The van der Waals surface area contributed by atoms with Crippen molar-refractivity contribution in [1.82, 2.24) is 5.43 Å². The second kappa shape index (κ2) is 10.9. The Morgan fingerprint density at radius 1 is 1.00 bits per heavy atom. The summed E-state index contributed by atoms with van der Waals surface area (Å²) in [5.74, 6) is -0.0651. The monoisotopic (exact) mass is 436 g/mol. The van der Waals surface area contributed by atoms with E-state index in [4.69, 9.17) is 21.1 Å². The van der Waals surface area contributed by atoms with Crippen molar-refractivity contribution in [3.63, 3.8) is 0 Å². The summed E-state index contributed by atoms with van der Waals surface area (Å²) in [5.41, 5.74) is 4.45. The molecule has 0 aliphatic rings. The number of hydrazone groups is 1. The summed E-state index contributed by atoms with van der Waals surface area (Å²) in [6.07, 6.45) is 1.73. The van der Waals surface area contributed by atoms with Crippen LogP contribution in [0.15, 0.2) is 77.9 Å². The van der Waals surface area contributed by atoms with Crippen LogP contribution in [0.4, 0.5) is 0 Å². The minimum Gasteiger partial charge on any atom is -0.490 e. The number of nitrogens with one attached hydrogen (secondary N) is 1. The van der Waals surface area contributed by atoms with Gasteiger partial charge in [0, 0.05) is 5.02 Å². The number of carbonyl (C=O) groups is 2. The highest BCUT2D eigenvalue weighted by Crippen LogP contribution is 2.29. The average molecular weight is 437 g/mol. The maximum Gasteiger partial charge on any atom is 0.343 e. The number of carbonyl (C=O) groups excluding carboxylic acids is 2. The van der Waals surface area contributed by atoms with Crippen molar-refractivity contribution in [2.24, 2.45) is 5.10 Å². The van der Waals surface area contributed by atoms with Gasteiger partial charge in [-0.15, -0.1) is 0 Å². The molecule has 0 atom stereocenters. The van der Waals surface area contributed by atoms with Gasteiger partial charge in [0.2, 0.25) is 5.91 Å². The molecule has 0 aromatic heterocycles. The topological polar surface area (TPSA) is 77.0 Å². The van der Waals surface area contributed by atoms with Crippen molar-refractivity contribution in [2.75, 3.05) is 6.61 Å². The van der Waals surface area contributed by atoms with Crippen molar-refractivity contribution in [3.8, 4) is 11.5 Å². The highest BCUT2D eigenvalue weighted by atomic mass is 35.5. The third kappa shape index (κ3) is 6.69. The van der Waals surface area contributed by atoms with Gasteiger partial charge in [0.15, 0.2) is 11.5 Å². The molecule has 0 unspecified atom stereocenters. The van der Waals surface area contributed by atoms with E-state index in [-0.39, 0.29) is 18.1 Å². The van der Waals surface area contributed by atoms with Gasteiger partial charge in [-0.2, -0.15) is 5.10 Å². The van der Waals surface area contributed by atoms with Crippen molar-refractivity contribution in [2.45, 2.75) is 13.3 Å². The van der Waals surface area contributed by atoms with E-state index in [0.717, 1.165) is 5.56 Å². The Morgan fingerprint density at radius 2 is 1.74 bits per heavy atom. The fourth-order valence-corrected chi connectivity index (χ4v) is 2.83. The molecule has 0 bridgehead atoms. The number of amides is 1. The maximum atomic E-state index is 12.4. The lowest BCUT2D eigenvalue weighted by Crippen LogP contribution is -2.19. The van der Waals surface area contributed by atoms with E-state index in [0.29, 0.717) is 28.5 Å². The number of ether oxygens (including phenoxy) is 2. The predicted molar refractivity (Wildman–Crippen MR) is 120 cm³/mol. The van der Waals surface area contributed by atoms with Crippen LogP contribution in [-0.2, 0) is 11.2 Å². The number of benzene rings is 3. The first-order valence-corrected chi connectivity index (χ1v) is 10.0. The van der Waals surface area contributed by atoms with Crippen molar-refractivity contribution in [1.29, 1.82) is 0 Å². The SMILES string of the molecule is CCOc1cc(/C=N\NC(=O)Cc2ccccc2)ccc1OC(=O)c1ccc(Cl)cc1. The molecule has 1 amide bonds. The molecule has 0 spiro atoms. The van der Waals surface area contributed by atoms with Gasteiger partial charge in [-0.25, -0.2) is 10.2 Å². The third-order valence-electron chi connectivity index (χ3n) is 4.16. The minimum atomic E-state index is -0.521. The van der Waals surface area contributed by atoms with E-state index in [2.05, 4.69) is 10.5 Å². The van der Waals surface area contributed by atoms with Gasteiger partial charge in [-0.05, 0) is 60.5 Å². The quantitative estimate of drug-likeness (QED) is 0.241. The number of esters is 1. The van der Waals surface area contributed by atoms with E-state index in [9.17, 15) is 9.59 Å². The molecule has 6 nitrogen and oxygen atoms in total. The van der Waals surface area contributed by atoms with Crippen LogP contribution < -0.4 is 14.9 Å². The molecule has 0 fully saturated rings. The maximum absolute atomic E-state index is 12.4. The van der Waals surface area contributed by atoms with Crippen LogP contribution in [-0.4, -0.2) is 24.7 Å². The minimum absolute atomic E-state index is 0.221. The Morgan fingerprint density at radius 3 is 2.45 bits per heavy atom. The first-order valence-electron chi connectivity index (χ1n) is 9.65. The number of rotatable bonds is 8. The normalized spacial score (nSPS) is 10.6. The van der Waals surface area contributed by atoms with Gasteiger partial charge in [0.25, 0.3) is 0 Å². The molecule has 0 heterocycles. The Hall–Kier alpha value is -3.64. The summed E-state index contributed by atoms with van der Waals surface area (Å²) in [6.45, 7) is 2.22. The van der Waals surface area contributed by atoms with Crippen LogP contribution in [0.2, 0.25) is 5.02 Å². The Bertz CT molecular complexity index is 1070. The van der Waals surface area contributed by atoms with Crippen LogP contribution >= 0.6 is 11.6 Å². The Labute approximate surface area is 185 Å². The zero-order valence-corrected chi connectivity index (χ0v) is 17.6. The van der Waals surface area contributed by atoms with Gasteiger partial charge in [0.05, 0.1) is 24.8 Å². The van der Waals surface area contributed by atoms with E-state index in [1.807, 2.05) is 37.3 Å². The van der Waals surface area contributed by atoms with Gasteiger partial charge in [-0.1, -0.05) is 41.9 Å². The van der Waals surface area contributed by atoms with E-state index in [1.165, 1.54) is 6.21 Å². The Balaban J connectivity index is 1.65. The molecule has 31 heavy (non-hydrogen) atoms. The highest BCUT2D eigenvalue weighted by Gasteiger charge is 2.13. The van der Waals surface area contributed by atoms with Crippen LogP contribution in [0.1, 0.15) is 28.4 Å². The molecule has 3 aromatic carbocycles. The second-order valence-corrected chi connectivity index (χ2v) is 6.93. The molecule has 0 aliphatic heterocycles. The first-order chi connectivity index (χ1) is 15.0. The molecular weight excluding hydrogens is 416 g/mol. The van der Waals surface area contributed by atoms with Gasteiger partial charge < -0.3 is 9.47 Å². The van der Waals surface area contributed by atoms with Crippen molar-refractivity contribution < 1.29 is 19.1 Å². The number of halogens is 1. The lowest BCUT2D eigenvalue weighted by Gasteiger charge is -2.11. The molecule has 0 saturated heterocycles. The molecule has 1 N–H and O–H groups in total. The lowest BCUT2D eigenvalue weighted by molar-refractivity contribution is -0.120. The molecule has 3 rings (SSSR count). The summed E-state index contributed by atoms with van der Waals surface area (Å²) in [4.78, 5) is 24.4. The van der Waals surface area contributed by atoms with Gasteiger partial charge in [0.1, 0.15) is 0 Å². The number of hydrogen-bond donors (Lipinski definition) is 1. The molecule has 0 saturated carbocycles. The molecular formula is C24H21ClN2O4. The van der Waals surface area contributed by atoms with Crippen LogP contribution in [0.5, 0.6) is 11.5 Å². The van der Waals surface area contributed by atoms with E-state index < -0.39 is 5.97 Å². The van der Waals surface area contributed by atoms with Crippen molar-refractivity contribution in [3.05, 3.63) is 94.5 Å². The summed E-state index contributed by atoms with van der Waals surface area (Å²) >= 11 is 5.85. The van der Waals surface area contributed by atoms with Crippen molar-refractivity contribution >= 4 is 29.7 Å². The van der Waals surface area contributed by atoms with Gasteiger partial charge >= 0.3 is 5.97 Å². The van der Waals surface area contributed by atoms with E-state index in [1.54, 1.807) is 42.5 Å². The average Bonchev–Trinajstić information content (AvgIpc) is 2.77. The fourth-order valence-electron chi connectivity index (χ4n) is 2.70. The van der Waals surface area contributed by atoms with Crippen LogP contribution in [0.25, 0.3) is 0 Å². The molecule has 158 valence electrons. The van der Waals surface area contributed by atoms with Gasteiger partial charge in [-0.3, -0.25) is 4.79 Å². The molecule has 0 aliphatic carbocycles. The molecule has 3 aromatic rings. The number of nitrogens with zero attached hydrogens (tertiary/aromatic N) is 1. The molecule has 0 radical (unpaired) electrons. The number of hydrogen-bond acceptors (Lipinski definition) is 5. The van der Waals surface area contributed by atoms with Crippen LogP contribution in [0, 0.1) is 0 Å². The predicted octanol–water partition coefficient (Wildman–Crippen LogP) is 4.65. The summed E-state index contributed by atoms with van der Waals surface area (Å²) < 4.78 is 11.1. The fraction of sp³-hybridized carbons (Fsp3) is 0.125. The highest BCUT2D eigenvalue weighted by molar-refractivity contribution is 6.30. The smallest absolute Gasteiger partial charge is 0.343 e. The summed E-state index contributed by atoms with van der Waals surface area (Å²) in [7, 11) is 0. The second-order valence-electron chi connectivity index (χ2n) is 6.49. The summed E-state index contributed by atoms with van der Waals surface area (Å²) in [6, 6.07) is 20.8. The largest absolute Gasteiger partial charge is 0.490 e.